The second-order valence-electron chi connectivity index (χ2n) is 6.93. The average molecular weight is 417 g/mol. The molecule has 0 amide bonds. The van der Waals surface area contributed by atoms with E-state index in [2.05, 4.69) is 0 Å². The monoisotopic (exact) mass is 416 g/mol. The number of carbonyl (C=O) groups is 1. The van der Waals surface area contributed by atoms with Crippen LogP contribution in [0.25, 0.3) is 10.9 Å². The van der Waals surface area contributed by atoms with Gasteiger partial charge in [-0.05, 0) is 48.9 Å². The first-order chi connectivity index (χ1) is 14.5. The largest absolute Gasteiger partial charge is 0.508 e. The molecule has 0 saturated carbocycles. The minimum atomic E-state index is -0.234. The number of rotatable bonds is 6. The van der Waals surface area contributed by atoms with Gasteiger partial charge >= 0.3 is 0 Å². The molecule has 0 bridgehead atoms. The van der Waals surface area contributed by atoms with Crippen LogP contribution >= 0.6 is 11.8 Å². The maximum atomic E-state index is 13.3. The lowest BCUT2D eigenvalue weighted by Gasteiger charge is -2.20. The first-order valence-corrected chi connectivity index (χ1v) is 10.5. The van der Waals surface area contributed by atoms with Crippen molar-refractivity contribution in [1.29, 1.82) is 0 Å². The first kappa shape index (κ1) is 19.9. The summed E-state index contributed by atoms with van der Waals surface area (Å²) in [4.78, 5) is 30.6. The predicted molar refractivity (Wildman–Crippen MR) is 119 cm³/mol. The number of benzene rings is 3. The van der Waals surface area contributed by atoms with E-state index in [1.54, 1.807) is 28.8 Å². The summed E-state index contributed by atoms with van der Waals surface area (Å²) in [7, 11) is 0. The fourth-order valence-corrected chi connectivity index (χ4v) is 4.28. The molecule has 0 spiro atoms. The second-order valence-corrected chi connectivity index (χ2v) is 7.87. The van der Waals surface area contributed by atoms with Crippen molar-refractivity contribution >= 4 is 28.4 Å². The van der Waals surface area contributed by atoms with Gasteiger partial charge in [0.1, 0.15) is 5.75 Å². The molecule has 1 N–H and O–H groups in total. The van der Waals surface area contributed by atoms with Gasteiger partial charge in [0.15, 0.2) is 10.9 Å². The SMILES string of the molecule is C[C@H](c1ccccc1)n1c(SCC(=O)c2ccc(O)cc2)nc2ccccc2c1=O. The lowest BCUT2D eigenvalue weighted by Crippen LogP contribution is -2.27. The Morgan fingerprint density at radius 1 is 1.00 bits per heavy atom. The number of aromatic hydroxyl groups is 1. The van der Waals surface area contributed by atoms with Crippen LogP contribution in [0.1, 0.15) is 28.9 Å². The first-order valence-electron chi connectivity index (χ1n) is 9.56. The Hall–Kier alpha value is -3.38. The Bertz CT molecular complexity index is 1250. The number of para-hydroxylation sites is 1. The third kappa shape index (κ3) is 4.00. The fourth-order valence-electron chi connectivity index (χ4n) is 3.31. The van der Waals surface area contributed by atoms with Gasteiger partial charge < -0.3 is 5.11 Å². The topological polar surface area (TPSA) is 72.2 Å². The molecular formula is C24H20N2O3S. The van der Waals surface area contributed by atoms with Gasteiger partial charge in [0.05, 0.1) is 22.7 Å². The van der Waals surface area contributed by atoms with E-state index in [-0.39, 0.29) is 28.9 Å². The van der Waals surface area contributed by atoms with Crippen molar-refractivity contribution in [2.75, 3.05) is 5.75 Å². The number of hydrogen-bond donors (Lipinski definition) is 1. The lowest BCUT2D eigenvalue weighted by atomic mass is 10.1. The van der Waals surface area contributed by atoms with Crippen molar-refractivity contribution in [2.45, 2.75) is 18.1 Å². The molecule has 1 aromatic heterocycles. The molecule has 5 nitrogen and oxygen atoms in total. The molecule has 4 rings (SSSR count). The number of phenolic OH excluding ortho intramolecular Hbond substituents is 1. The van der Waals surface area contributed by atoms with Crippen LogP contribution in [0.5, 0.6) is 5.75 Å². The molecule has 150 valence electrons. The van der Waals surface area contributed by atoms with Gasteiger partial charge in [-0.3, -0.25) is 14.2 Å². The van der Waals surface area contributed by atoms with Crippen LogP contribution in [0, 0.1) is 0 Å². The van der Waals surface area contributed by atoms with Gasteiger partial charge in [-0.15, -0.1) is 0 Å². The highest BCUT2D eigenvalue weighted by molar-refractivity contribution is 7.99. The number of aromatic nitrogens is 2. The number of nitrogens with zero attached hydrogens (tertiary/aromatic N) is 2. The molecule has 0 aliphatic rings. The Kier molecular flexibility index (Phi) is 5.68. The Labute approximate surface area is 178 Å². The van der Waals surface area contributed by atoms with Gasteiger partial charge in [0.25, 0.3) is 5.56 Å². The van der Waals surface area contributed by atoms with Crippen LogP contribution < -0.4 is 5.56 Å². The predicted octanol–water partition coefficient (Wildman–Crippen LogP) is 4.69. The molecule has 6 heteroatoms. The third-order valence-electron chi connectivity index (χ3n) is 4.97. The number of hydrogen-bond acceptors (Lipinski definition) is 5. The van der Waals surface area contributed by atoms with E-state index in [0.29, 0.717) is 21.6 Å². The molecule has 0 saturated heterocycles. The number of thioether (sulfide) groups is 1. The van der Waals surface area contributed by atoms with Crippen molar-refractivity contribution < 1.29 is 9.90 Å². The van der Waals surface area contributed by atoms with Crippen molar-refractivity contribution in [3.05, 3.63) is 100 Å². The van der Waals surface area contributed by atoms with Crippen LogP contribution in [0.2, 0.25) is 0 Å². The summed E-state index contributed by atoms with van der Waals surface area (Å²) in [6.07, 6.45) is 0. The number of fused-ring (bicyclic) bond motifs is 1. The third-order valence-corrected chi connectivity index (χ3v) is 5.92. The Morgan fingerprint density at radius 2 is 1.67 bits per heavy atom. The molecule has 0 aliphatic carbocycles. The standard InChI is InChI=1S/C24H20N2O3S/c1-16(17-7-3-2-4-8-17)26-23(29)20-9-5-6-10-21(20)25-24(26)30-15-22(28)18-11-13-19(27)14-12-18/h2-14,16,27H,15H2,1H3/t16-/m1/s1. The van der Waals surface area contributed by atoms with Crippen molar-refractivity contribution in [3.63, 3.8) is 0 Å². The summed E-state index contributed by atoms with van der Waals surface area (Å²) in [5.41, 5.74) is 1.98. The van der Waals surface area contributed by atoms with Crippen molar-refractivity contribution in [3.8, 4) is 5.75 Å². The van der Waals surface area contributed by atoms with E-state index in [0.717, 1.165) is 5.56 Å². The molecule has 30 heavy (non-hydrogen) atoms. The summed E-state index contributed by atoms with van der Waals surface area (Å²) in [6.45, 7) is 1.96. The highest BCUT2D eigenvalue weighted by Gasteiger charge is 2.19. The lowest BCUT2D eigenvalue weighted by molar-refractivity contribution is 0.102. The van der Waals surface area contributed by atoms with E-state index in [9.17, 15) is 14.7 Å². The van der Waals surface area contributed by atoms with E-state index in [4.69, 9.17) is 4.98 Å². The van der Waals surface area contributed by atoms with Crippen LogP contribution in [0.4, 0.5) is 0 Å². The minimum Gasteiger partial charge on any atom is -0.508 e. The average Bonchev–Trinajstić information content (AvgIpc) is 2.78. The summed E-state index contributed by atoms with van der Waals surface area (Å²) < 4.78 is 1.66. The van der Waals surface area contributed by atoms with E-state index in [1.807, 2.05) is 49.4 Å². The summed E-state index contributed by atoms with van der Waals surface area (Å²) >= 11 is 1.25. The van der Waals surface area contributed by atoms with Gasteiger partial charge in [-0.2, -0.15) is 0 Å². The van der Waals surface area contributed by atoms with E-state index < -0.39 is 0 Å². The summed E-state index contributed by atoms with van der Waals surface area (Å²) in [5, 5.41) is 10.5. The molecule has 0 fully saturated rings. The Balaban J connectivity index is 1.73. The highest BCUT2D eigenvalue weighted by Crippen LogP contribution is 2.25. The molecule has 0 unspecified atom stereocenters. The number of ketones is 1. The quantitative estimate of drug-likeness (QED) is 0.281. The summed E-state index contributed by atoms with van der Waals surface area (Å²) in [5.74, 6) is 0.152. The normalized spacial score (nSPS) is 12.0. The zero-order valence-corrected chi connectivity index (χ0v) is 17.2. The van der Waals surface area contributed by atoms with Crippen LogP contribution in [0.15, 0.2) is 88.8 Å². The number of Topliss-reactive ketones (excluding diaryl/α,β-unsaturated/α-hetero) is 1. The van der Waals surface area contributed by atoms with Crippen molar-refractivity contribution in [2.24, 2.45) is 0 Å². The zero-order valence-electron chi connectivity index (χ0n) is 16.4. The zero-order chi connectivity index (χ0) is 21.1. The summed E-state index contributed by atoms with van der Waals surface area (Å²) in [6, 6.07) is 22.9. The minimum absolute atomic E-state index is 0.0960. The molecule has 1 heterocycles. The number of phenols is 1. The van der Waals surface area contributed by atoms with Crippen molar-refractivity contribution in [1.82, 2.24) is 9.55 Å². The van der Waals surface area contributed by atoms with E-state index >= 15 is 0 Å². The number of carbonyl (C=O) groups excluding carboxylic acids is 1. The second kappa shape index (κ2) is 8.55. The van der Waals surface area contributed by atoms with Gasteiger partial charge in [0.2, 0.25) is 0 Å². The maximum absolute atomic E-state index is 13.3. The van der Waals surface area contributed by atoms with Gasteiger partial charge in [0, 0.05) is 5.56 Å². The molecule has 4 aromatic rings. The smallest absolute Gasteiger partial charge is 0.262 e. The Morgan fingerprint density at radius 3 is 2.40 bits per heavy atom. The molecule has 0 aliphatic heterocycles. The van der Waals surface area contributed by atoms with Crippen LogP contribution in [0.3, 0.4) is 0 Å². The molecule has 1 atom stereocenters. The molecule has 3 aromatic carbocycles. The van der Waals surface area contributed by atoms with Crippen LogP contribution in [-0.4, -0.2) is 26.2 Å². The highest BCUT2D eigenvalue weighted by atomic mass is 32.2. The van der Waals surface area contributed by atoms with E-state index in [1.165, 1.54) is 23.9 Å². The molecule has 0 radical (unpaired) electrons. The van der Waals surface area contributed by atoms with Gasteiger partial charge in [-0.25, -0.2) is 4.98 Å². The molecular weight excluding hydrogens is 396 g/mol. The maximum Gasteiger partial charge on any atom is 0.262 e. The van der Waals surface area contributed by atoms with Crippen LogP contribution in [-0.2, 0) is 0 Å². The van der Waals surface area contributed by atoms with Gasteiger partial charge in [-0.1, -0.05) is 54.2 Å². The fraction of sp³-hybridized carbons (Fsp3) is 0.125.